The number of rotatable bonds is 9. The Labute approximate surface area is 203 Å². The summed E-state index contributed by atoms with van der Waals surface area (Å²) in [5.41, 5.74) is 1.04. The van der Waals surface area contributed by atoms with E-state index >= 15 is 0 Å². The van der Waals surface area contributed by atoms with Gasteiger partial charge in [-0.2, -0.15) is 0 Å². The highest BCUT2D eigenvalue weighted by molar-refractivity contribution is 8.00. The SMILES string of the molecule is CSc1ccccc1NC(=O)COC(=O)c1ccccc1SCC(=O)N(C)C1CCCCC1. The first kappa shape index (κ1) is 25.2. The van der Waals surface area contributed by atoms with Crippen molar-refractivity contribution in [2.24, 2.45) is 0 Å². The largest absolute Gasteiger partial charge is 0.452 e. The van der Waals surface area contributed by atoms with E-state index in [1.54, 1.807) is 24.3 Å². The number of carbonyl (C=O) groups is 3. The van der Waals surface area contributed by atoms with E-state index in [4.69, 9.17) is 4.74 Å². The van der Waals surface area contributed by atoms with E-state index in [1.807, 2.05) is 42.5 Å². The Kier molecular flexibility index (Phi) is 9.69. The van der Waals surface area contributed by atoms with E-state index in [9.17, 15) is 14.4 Å². The van der Waals surface area contributed by atoms with Crippen LogP contribution in [0.15, 0.2) is 58.3 Å². The summed E-state index contributed by atoms with van der Waals surface area (Å²) < 4.78 is 5.26. The van der Waals surface area contributed by atoms with E-state index in [-0.39, 0.29) is 18.3 Å². The number of nitrogens with zero attached hydrogens (tertiary/aromatic N) is 1. The van der Waals surface area contributed by atoms with Gasteiger partial charge in [-0.05, 0) is 43.4 Å². The van der Waals surface area contributed by atoms with Crippen LogP contribution >= 0.6 is 23.5 Å². The number of hydrogen-bond acceptors (Lipinski definition) is 6. The smallest absolute Gasteiger partial charge is 0.339 e. The molecule has 1 saturated carbocycles. The molecule has 3 rings (SSSR count). The van der Waals surface area contributed by atoms with Crippen molar-refractivity contribution in [1.82, 2.24) is 4.90 Å². The van der Waals surface area contributed by atoms with Gasteiger partial charge in [-0.3, -0.25) is 9.59 Å². The first-order valence-electron chi connectivity index (χ1n) is 11.1. The summed E-state index contributed by atoms with van der Waals surface area (Å²) in [4.78, 5) is 41.1. The second kappa shape index (κ2) is 12.7. The summed E-state index contributed by atoms with van der Waals surface area (Å²) >= 11 is 2.85. The van der Waals surface area contributed by atoms with Crippen LogP contribution in [0.1, 0.15) is 42.5 Å². The van der Waals surface area contributed by atoms with Gasteiger partial charge in [0.15, 0.2) is 6.61 Å². The van der Waals surface area contributed by atoms with Crippen molar-refractivity contribution >= 4 is 47.0 Å². The molecule has 2 aromatic carbocycles. The molecule has 2 amide bonds. The van der Waals surface area contributed by atoms with Crippen LogP contribution in [0.2, 0.25) is 0 Å². The monoisotopic (exact) mass is 486 g/mol. The highest BCUT2D eigenvalue weighted by Crippen LogP contribution is 2.27. The summed E-state index contributed by atoms with van der Waals surface area (Å²) in [5, 5.41) is 2.77. The van der Waals surface area contributed by atoms with Crippen molar-refractivity contribution in [3.05, 3.63) is 54.1 Å². The molecule has 0 atom stereocenters. The first-order valence-corrected chi connectivity index (χ1v) is 13.3. The minimum atomic E-state index is -0.584. The van der Waals surface area contributed by atoms with Crippen molar-refractivity contribution in [3.8, 4) is 0 Å². The number of anilines is 1. The number of para-hydroxylation sites is 1. The normalized spacial score (nSPS) is 13.9. The Bertz CT molecular complexity index is 976. The molecule has 2 aromatic rings. The maximum absolute atomic E-state index is 12.7. The lowest BCUT2D eigenvalue weighted by Crippen LogP contribution is -2.39. The van der Waals surface area contributed by atoms with Crippen LogP contribution in [0.25, 0.3) is 0 Å². The van der Waals surface area contributed by atoms with Gasteiger partial charge in [0.05, 0.1) is 17.0 Å². The molecule has 1 aliphatic rings. The molecule has 0 aliphatic heterocycles. The number of hydrogen-bond donors (Lipinski definition) is 1. The van der Waals surface area contributed by atoms with Gasteiger partial charge in [0.2, 0.25) is 5.91 Å². The zero-order valence-corrected chi connectivity index (χ0v) is 20.7. The summed E-state index contributed by atoms with van der Waals surface area (Å²) in [6.07, 6.45) is 7.61. The van der Waals surface area contributed by atoms with Gasteiger partial charge in [0.1, 0.15) is 0 Å². The van der Waals surface area contributed by atoms with Crippen molar-refractivity contribution in [2.45, 2.75) is 47.9 Å². The average molecular weight is 487 g/mol. The molecule has 1 aliphatic carbocycles. The number of ether oxygens (including phenoxy) is 1. The van der Waals surface area contributed by atoms with Crippen LogP contribution in [0, 0.1) is 0 Å². The number of thioether (sulfide) groups is 2. The number of carbonyl (C=O) groups excluding carboxylic acids is 3. The third-order valence-corrected chi connectivity index (χ3v) is 7.54. The molecular formula is C25H30N2O4S2. The van der Waals surface area contributed by atoms with Crippen molar-refractivity contribution in [3.63, 3.8) is 0 Å². The molecule has 0 unspecified atom stereocenters. The number of esters is 1. The van der Waals surface area contributed by atoms with Crippen LogP contribution in [-0.4, -0.2) is 54.4 Å². The summed E-state index contributed by atoms with van der Waals surface area (Å²) in [7, 11) is 1.87. The maximum atomic E-state index is 12.7. The van der Waals surface area contributed by atoms with Crippen molar-refractivity contribution in [1.29, 1.82) is 0 Å². The van der Waals surface area contributed by atoms with Crippen molar-refractivity contribution in [2.75, 3.05) is 31.0 Å². The Morgan fingerprint density at radius 2 is 1.67 bits per heavy atom. The zero-order valence-electron chi connectivity index (χ0n) is 19.0. The van der Waals surface area contributed by atoms with E-state index < -0.39 is 11.9 Å². The second-order valence-corrected chi connectivity index (χ2v) is 9.77. The highest BCUT2D eigenvalue weighted by Gasteiger charge is 2.23. The van der Waals surface area contributed by atoms with Crippen LogP contribution in [0.5, 0.6) is 0 Å². The molecular weight excluding hydrogens is 456 g/mol. The predicted octanol–water partition coefficient (Wildman–Crippen LogP) is 5.09. The van der Waals surface area contributed by atoms with E-state index in [0.29, 0.717) is 22.2 Å². The van der Waals surface area contributed by atoms with E-state index in [2.05, 4.69) is 5.32 Å². The third-order valence-electron chi connectivity index (χ3n) is 5.69. The Balaban J connectivity index is 1.54. The molecule has 0 spiro atoms. The molecule has 0 bridgehead atoms. The predicted molar refractivity (Wildman–Crippen MR) is 134 cm³/mol. The molecule has 6 nitrogen and oxygen atoms in total. The second-order valence-electron chi connectivity index (χ2n) is 7.91. The lowest BCUT2D eigenvalue weighted by atomic mass is 9.94. The van der Waals surface area contributed by atoms with Gasteiger partial charge in [-0.25, -0.2) is 4.79 Å². The van der Waals surface area contributed by atoms with Crippen LogP contribution in [0.4, 0.5) is 5.69 Å². The maximum Gasteiger partial charge on any atom is 0.339 e. The van der Waals surface area contributed by atoms with Crippen LogP contribution < -0.4 is 5.32 Å². The fraction of sp³-hybridized carbons (Fsp3) is 0.400. The quantitative estimate of drug-likeness (QED) is 0.393. The highest BCUT2D eigenvalue weighted by atomic mass is 32.2. The van der Waals surface area contributed by atoms with Gasteiger partial charge in [-0.1, -0.05) is 43.5 Å². The molecule has 1 N–H and O–H groups in total. The molecule has 0 radical (unpaired) electrons. The average Bonchev–Trinajstić information content (AvgIpc) is 2.86. The minimum absolute atomic E-state index is 0.0573. The van der Waals surface area contributed by atoms with Gasteiger partial charge >= 0.3 is 5.97 Å². The summed E-state index contributed by atoms with van der Waals surface area (Å²) in [6, 6.07) is 14.8. The van der Waals surface area contributed by atoms with Gasteiger partial charge in [0.25, 0.3) is 5.91 Å². The topological polar surface area (TPSA) is 75.7 Å². The molecule has 33 heavy (non-hydrogen) atoms. The molecule has 8 heteroatoms. The lowest BCUT2D eigenvalue weighted by molar-refractivity contribution is -0.129. The minimum Gasteiger partial charge on any atom is -0.452 e. The molecule has 176 valence electrons. The van der Waals surface area contributed by atoms with Crippen LogP contribution in [0.3, 0.4) is 0 Å². The number of amides is 2. The van der Waals surface area contributed by atoms with Crippen LogP contribution in [-0.2, 0) is 14.3 Å². The van der Waals surface area contributed by atoms with Gasteiger partial charge < -0.3 is 15.0 Å². The fourth-order valence-electron chi connectivity index (χ4n) is 3.82. The molecule has 0 saturated heterocycles. The zero-order chi connectivity index (χ0) is 23.6. The molecule has 1 fully saturated rings. The Hall–Kier alpha value is -2.45. The first-order chi connectivity index (χ1) is 16.0. The molecule has 0 aromatic heterocycles. The summed E-state index contributed by atoms with van der Waals surface area (Å²) in [5.74, 6) is -0.677. The van der Waals surface area contributed by atoms with E-state index in [1.165, 1.54) is 42.8 Å². The summed E-state index contributed by atoms with van der Waals surface area (Å²) in [6.45, 7) is -0.385. The Morgan fingerprint density at radius 3 is 2.39 bits per heavy atom. The number of nitrogens with one attached hydrogen (secondary N) is 1. The van der Waals surface area contributed by atoms with Gasteiger partial charge in [-0.15, -0.1) is 23.5 Å². The lowest BCUT2D eigenvalue weighted by Gasteiger charge is -2.31. The standard InChI is InChI=1S/C25H30N2O4S2/c1-27(18-10-4-3-5-11-18)24(29)17-33-21-14-8-6-12-19(21)25(30)31-16-23(28)26-20-13-7-9-15-22(20)32-2/h6-9,12-15,18H,3-5,10-11,16-17H2,1-2H3,(H,26,28). The Morgan fingerprint density at radius 1 is 1.00 bits per heavy atom. The van der Waals surface area contributed by atoms with E-state index in [0.717, 1.165) is 17.7 Å². The fourth-order valence-corrected chi connectivity index (χ4v) is 5.34. The molecule has 0 heterocycles. The van der Waals surface area contributed by atoms with Gasteiger partial charge in [0, 0.05) is 22.9 Å². The van der Waals surface area contributed by atoms with Crippen molar-refractivity contribution < 1.29 is 19.1 Å². The number of benzene rings is 2. The third kappa shape index (κ3) is 7.27.